The van der Waals surface area contributed by atoms with Crippen molar-refractivity contribution in [1.82, 2.24) is 9.97 Å². The van der Waals surface area contributed by atoms with Gasteiger partial charge in [-0.3, -0.25) is 0 Å². The van der Waals surface area contributed by atoms with Crippen LogP contribution in [0, 0.1) is 5.92 Å². The predicted octanol–water partition coefficient (Wildman–Crippen LogP) is 2.36. The van der Waals surface area contributed by atoms with E-state index < -0.39 is 0 Å². The molecule has 1 aliphatic heterocycles. The molecular formula is C15H20N4S. The molecule has 4 rings (SSSR count). The third kappa shape index (κ3) is 1.91. The number of nitrogens with two attached hydrogens (primary N) is 1. The minimum absolute atomic E-state index is 0.691. The quantitative estimate of drug-likeness (QED) is 0.921. The van der Waals surface area contributed by atoms with Gasteiger partial charge in [0.15, 0.2) is 0 Å². The van der Waals surface area contributed by atoms with E-state index in [1.807, 2.05) is 11.3 Å². The molecule has 0 amide bonds. The average Bonchev–Trinajstić information content (AvgIpc) is 3.07. The van der Waals surface area contributed by atoms with Crippen molar-refractivity contribution in [3.63, 3.8) is 0 Å². The molecule has 2 N–H and O–H groups in total. The second-order valence-corrected chi connectivity index (χ2v) is 6.98. The van der Waals surface area contributed by atoms with Gasteiger partial charge >= 0.3 is 0 Å². The molecule has 2 aromatic heterocycles. The third-order valence-corrected chi connectivity index (χ3v) is 5.93. The smallest absolute Gasteiger partial charge is 0.141 e. The fourth-order valence-electron chi connectivity index (χ4n) is 3.53. The maximum Gasteiger partial charge on any atom is 0.141 e. The van der Waals surface area contributed by atoms with E-state index in [1.54, 1.807) is 11.2 Å². The Morgan fingerprint density at radius 2 is 2.10 bits per heavy atom. The van der Waals surface area contributed by atoms with Gasteiger partial charge in [0.2, 0.25) is 0 Å². The maximum absolute atomic E-state index is 5.79. The second-order valence-electron chi connectivity index (χ2n) is 5.90. The van der Waals surface area contributed by atoms with Crippen LogP contribution < -0.4 is 10.6 Å². The number of fused-ring (bicyclic) bond motifs is 3. The molecule has 4 nitrogen and oxygen atoms in total. The molecule has 1 aliphatic carbocycles. The van der Waals surface area contributed by atoms with Crippen molar-refractivity contribution in [3.05, 3.63) is 16.8 Å². The number of aromatic nitrogens is 2. The summed E-state index contributed by atoms with van der Waals surface area (Å²) in [5, 5.41) is 1.34. The Hall–Kier alpha value is -1.20. The first-order valence-electron chi connectivity index (χ1n) is 7.57. The zero-order chi connectivity index (χ0) is 13.5. The van der Waals surface area contributed by atoms with E-state index in [4.69, 9.17) is 5.73 Å². The molecular weight excluding hydrogens is 268 g/mol. The van der Waals surface area contributed by atoms with Crippen LogP contribution in [0.3, 0.4) is 0 Å². The molecule has 0 saturated carbocycles. The lowest BCUT2D eigenvalue weighted by molar-refractivity contribution is 0.413. The molecule has 0 aromatic carbocycles. The number of hydrogen-bond donors (Lipinski definition) is 1. The second kappa shape index (κ2) is 4.97. The summed E-state index contributed by atoms with van der Waals surface area (Å²) in [7, 11) is 0. The van der Waals surface area contributed by atoms with E-state index in [2.05, 4.69) is 14.9 Å². The topological polar surface area (TPSA) is 55.0 Å². The highest BCUT2D eigenvalue weighted by Gasteiger charge is 2.25. The first-order valence-corrected chi connectivity index (χ1v) is 8.38. The third-order valence-electron chi connectivity index (χ3n) is 4.73. The Morgan fingerprint density at radius 3 is 2.90 bits per heavy atom. The van der Waals surface area contributed by atoms with E-state index in [9.17, 15) is 0 Å². The van der Waals surface area contributed by atoms with Gasteiger partial charge in [0.1, 0.15) is 17.0 Å². The minimum Gasteiger partial charge on any atom is -0.356 e. The van der Waals surface area contributed by atoms with Crippen molar-refractivity contribution in [1.29, 1.82) is 0 Å². The molecule has 1 saturated heterocycles. The molecule has 5 heteroatoms. The summed E-state index contributed by atoms with van der Waals surface area (Å²) in [5.41, 5.74) is 7.32. The number of aryl methyl sites for hydroxylation is 2. The molecule has 2 aromatic rings. The van der Waals surface area contributed by atoms with Crippen LogP contribution in [-0.2, 0) is 12.8 Å². The lowest BCUT2D eigenvalue weighted by atomic mass is 9.97. The van der Waals surface area contributed by atoms with Crippen LogP contribution in [0.15, 0.2) is 6.33 Å². The largest absolute Gasteiger partial charge is 0.356 e. The van der Waals surface area contributed by atoms with Crippen LogP contribution in [0.25, 0.3) is 10.2 Å². The van der Waals surface area contributed by atoms with Gasteiger partial charge in [-0.25, -0.2) is 9.97 Å². The Labute approximate surface area is 123 Å². The number of hydrogen-bond acceptors (Lipinski definition) is 5. The Balaban J connectivity index is 1.73. The van der Waals surface area contributed by atoms with Gasteiger partial charge in [-0.15, -0.1) is 11.3 Å². The van der Waals surface area contributed by atoms with E-state index in [0.29, 0.717) is 5.92 Å². The predicted molar refractivity (Wildman–Crippen MR) is 83.4 cm³/mol. The average molecular weight is 288 g/mol. The van der Waals surface area contributed by atoms with Crippen molar-refractivity contribution in [2.75, 3.05) is 24.5 Å². The zero-order valence-corrected chi connectivity index (χ0v) is 12.5. The van der Waals surface area contributed by atoms with Gasteiger partial charge in [-0.2, -0.15) is 0 Å². The summed E-state index contributed by atoms with van der Waals surface area (Å²) >= 11 is 1.87. The molecule has 2 aliphatic rings. The molecule has 106 valence electrons. The molecule has 0 unspecified atom stereocenters. The number of thiophene rings is 1. The Kier molecular flexibility index (Phi) is 3.11. The van der Waals surface area contributed by atoms with E-state index in [-0.39, 0.29) is 0 Å². The number of piperidine rings is 1. The normalized spacial score (nSPS) is 19.8. The van der Waals surface area contributed by atoms with E-state index in [1.165, 1.54) is 53.7 Å². The van der Waals surface area contributed by atoms with Crippen LogP contribution in [0.1, 0.15) is 29.7 Å². The van der Waals surface area contributed by atoms with Crippen LogP contribution in [0.2, 0.25) is 0 Å². The summed E-state index contributed by atoms with van der Waals surface area (Å²) in [5.74, 6) is 1.86. The molecule has 0 spiro atoms. The molecule has 3 heterocycles. The van der Waals surface area contributed by atoms with Crippen molar-refractivity contribution >= 4 is 27.4 Å². The lowest BCUT2D eigenvalue weighted by Gasteiger charge is -2.32. The van der Waals surface area contributed by atoms with Crippen molar-refractivity contribution in [3.8, 4) is 0 Å². The number of anilines is 1. The van der Waals surface area contributed by atoms with Crippen molar-refractivity contribution in [2.24, 2.45) is 11.7 Å². The monoisotopic (exact) mass is 288 g/mol. The lowest BCUT2D eigenvalue weighted by Crippen LogP contribution is -2.36. The number of rotatable bonds is 2. The summed E-state index contributed by atoms with van der Waals surface area (Å²) in [6, 6.07) is 0. The van der Waals surface area contributed by atoms with Crippen molar-refractivity contribution in [2.45, 2.75) is 32.1 Å². The van der Waals surface area contributed by atoms with Gasteiger partial charge in [-0.1, -0.05) is 0 Å². The Bertz CT molecular complexity index is 628. The summed E-state index contributed by atoms with van der Waals surface area (Å²) in [6.45, 7) is 2.98. The fourth-order valence-corrected chi connectivity index (χ4v) is 4.76. The van der Waals surface area contributed by atoms with Crippen LogP contribution in [0.5, 0.6) is 0 Å². The SMILES string of the molecule is NCC1CCN(c2ncnc3sc4c(c23)CCC4)CC1. The first kappa shape index (κ1) is 12.5. The molecule has 0 bridgehead atoms. The molecule has 1 fully saturated rings. The first-order chi connectivity index (χ1) is 9.86. The van der Waals surface area contributed by atoms with Gasteiger partial charge in [-0.05, 0) is 50.1 Å². The minimum atomic E-state index is 0.691. The maximum atomic E-state index is 5.79. The standard InChI is InChI=1S/C15H20N4S/c16-8-10-4-6-19(7-5-10)14-13-11-2-1-3-12(11)20-15(13)18-9-17-14/h9-10H,1-8,16H2. The van der Waals surface area contributed by atoms with Gasteiger partial charge in [0.25, 0.3) is 0 Å². The van der Waals surface area contributed by atoms with E-state index in [0.717, 1.165) is 19.6 Å². The van der Waals surface area contributed by atoms with Crippen molar-refractivity contribution < 1.29 is 0 Å². The molecule has 0 atom stereocenters. The van der Waals surface area contributed by atoms with Gasteiger partial charge in [0.05, 0.1) is 5.39 Å². The Morgan fingerprint density at radius 1 is 1.25 bits per heavy atom. The summed E-state index contributed by atoms with van der Waals surface area (Å²) < 4.78 is 0. The van der Waals surface area contributed by atoms with Gasteiger partial charge < -0.3 is 10.6 Å². The van der Waals surface area contributed by atoms with E-state index >= 15 is 0 Å². The highest BCUT2D eigenvalue weighted by Crippen LogP contribution is 2.40. The summed E-state index contributed by atoms with van der Waals surface area (Å²) in [4.78, 5) is 14.3. The molecule has 0 radical (unpaired) electrons. The van der Waals surface area contributed by atoms with Crippen LogP contribution >= 0.6 is 11.3 Å². The molecule has 20 heavy (non-hydrogen) atoms. The summed E-state index contributed by atoms with van der Waals surface area (Å²) in [6.07, 6.45) is 7.84. The highest BCUT2D eigenvalue weighted by molar-refractivity contribution is 7.19. The highest BCUT2D eigenvalue weighted by atomic mass is 32.1. The number of nitrogens with zero attached hydrogens (tertiary/aromatic N) is 3. The van der Waals surface area contributed by atoms with Crippen LogP contribution in [-0.4, -0.2) is 29.6 Å². The van der Waals surface area contributed by atoms with Crippen LogP contribution in [0.4, 0.5) is 5.82 Å². The fraction of sp³-hybridized carbons (Fsp3) is 0.600. The zero-order valence-electron chi connectivity index (χ0n) is 11.6. The van der Waals surface area contributed by atoms with Gasteiger partial charge in [0, 0.05) is 18.0 Å².